The van der Waals surface area contributed by atoms with Gasteiger partial charge in [0.15, 0.2) is 17.3 Å². The van der Waals surface area contributed by atoms with E-state index in [1.165, 1.54) is 0 Å². The van der Waals surface area contributed by atoms with Gasteiger partial charge in [0, 0.05) is 18.4 Å². The van der Waals surface area contributed by atoms with E-state index in [2.05, 4.69) is 0 Å². The van der Waals surface area contributed by atoms with Crippen molar-refractivity contribution in [3.8, 4) is 11.5 Å². The fourth-order valence-electron chi connectivity index (χ4n) is 2.06. The molecule has 1 aromatic heterocycles. The summed E-state index contributed by atoms with van der Waals surface area (Å²) in [6, 6.07) is 9.01. The summed E-state index contributed by atoms with van der Waals surface area (Å²) < 4.78 is 16.3. The maximum Gasteiger partial charge on any atom is 0.163 e. The lowest BCUT2D eigenvalue weighted by Crippen LogP contribution is -2.04. The average Bonchev–Trinajstić information content (AvgIpc) is 3.00. The number of hydrogen-bond acceptors (Lipinski definition) is 4. The predicted molar refractivity (Wildman–Crippen MR) is 80.1 cm³/mol. The second-order valence-electron chi connectivity index (χ2n) is 4.53. The largest absolute Gasteiger partial charge is 0.490 e. The van der Waals surface area contributed by atoms with Crippen molar-refractivity contribution in [2.75, 3.05) is 13.2 Å². The van der Waals surface area contributed by atoms with Crippen molar-refractivity contribution in [3.05, 3.63) is 47.9 Å². The molecule has 2 aromatic rings. The Morgan fingerprint density at radius 1 is 1.10 bits per heavy atom. The van der Waals surface area contributed by atoms with Crippen LogP contribution < -0.4 is 9.47 Å². The van der Waals surface area contributed by atoms with E-state index in [0.717, 1.165) is 5.76 Å². The summed E-state index contributed by atoms with van der Waals surface area (Å²) >= 11 is 0. The molecule has 0 spiro atoms. The van der Waals surface area contributed by atoms with Crippen LogP contribution in [-0.2, 0) is 6.42 Å². The summed E-state index contributed by atoms with van der Waals surface area (Å²) in [6.07, 6.45) is 2.62. The summed E-state index contributed by atoms with van der Waals surface area (Å²) in [5, 5.41) is 0. The minimum atomic E-state index is 0.0652. The standard InChI is InChI=1S/C17H20O4/c1-3-19-16-10-7-13(12-17(16)20-4-2)15(18)9-8-14-6-5-11-21-14/h5-7,10-12H,3-4,8-9H2,1-2H3. The van der Waals surface area contributed by atoms with Crippen molar-refractivity contribution in [1.29, 1.82) is 0 Å². The first kappa shape index (κ1) is 15.2. The number of carbonyl (C=O) groups is 1. The van der Waals surface area contributed by atoms with E-state index in [9.17, 15) is 4.79 Å². The number of Topliss-reactive ketones (excluding diaryl/α,β-unsaturated/α-hetero) is 1. The molecule has 0 saturated heterocycles. The molecule has 0 N–H and O–H groups in total. The second-order valence-corrected chi connectivity index (χ2v) is 4.53. The van der Waals surface area contributed by atoms with E-state index in [1.807, 2.05) is 26.0 Å². The van der Waals surface area contributed by atoms with Crippen molar-refractivity contribution >= 4 is 5.78 Å². The van der Waals surface area contributed by atoms with Crippen LogP contribution in [0.1, 0.15) is 36.4 Å². The molecular formula is C17H20O4. The minimum absolute atomic E-state index is 0.0652. The quantitative estimate of drug-likeness (QED) is 0.691. The zero-order valence-corrected chi connectivity index (χ0v) is 12.4. The highest BCUT2D eigenvalue weighted by Gasteiger charge is 2.12. The third-order valence-electron chi connectivity index (χ3n) is 3.04. The molecule has 0 aliphatic carbocycles. The monoisotopic (exact) mass is 288 g/mol. The lowest BCUT2D eigenvalue weighted by Gasteiger charge is -2.12. The van der Waals surface area contributed by atoms with Gasteiger partial charge in [-0.3, -0.25) is 4.79 Å². The molecule has 4 heteroatoms. The van der Waals surface area contributed by atoms with E-state index < -0.39 is 0 Å². The second kappa shape index (κ2) is 7.53. The fraction of sp³-hybridized carbons (Fsp3) is 0.353. The van der Waals surface area contributed by atoms with Crippen molar-refractivity contribution in [2.45, 2.75) is 26.7 Å². The van der Waals surface area contributed by atoms with E-state index in [1.54, 1.807) is 24.5 Å². The highest BCUT2D eigenvalue weighted by molar-refractivity contribution is 5.96. The smallest absolute Gasteiger partial charge is 0.163 e. The topological polar surface area (TPSA) is 48.7 Å². The van der Waals surface area contributed by atoms with E-state index >= 15 is 0 Å². The fourth-order valence-corrected chi connectivity index (χ4v) is 2.06. The third-order valence-corrected chi connectivity index (χ3v) is 3.04. The van der Waals surface area contributed by atoms with Gasteiger partial charge >= 0.3 is 0 Å². The first-order chi connectivity index (χ1) is 10.2. The SMILES string of the molecule is CCOc1ccc(C(=O)CCc2ccco2)cc1OCC. The van der Waals surface area contributed by atoms with Crippen LogP contribution in [0.2, 0.25) is 0 Å². The number of furan rings is 1. The van der Waals surface area contributed by atoms with Gasteiger partial charge in [-0.1, -0.05) is 0 Å². The molecule has 0 unspecified atom stereocenters. The van der Waals surface area contributed by atoms with Gasteiger partial charge < -0.3 is 13.9 Å². The maximum atomic E-state index is 12.2. The molecule has 0 atom stereocenters. The van der Waals surface area contributed by atoms with E-state index in [-0.39, 0.29) is 5.78 Å². The summed E-state index contributed by atoms with van der Waals surface area (Å²) in [6.45, 7) is 4.91. The van der Waals surface area contributed by atoms with Crippen LogP contribution >= 0.6 is 0 Å². The van der Waals surface area contributed by atoms with Gasteiger partial charge in [0.1, 0.15) is 5.76 Å². The van der Waals surface area contributed by atoms with Crippen LogP contribution in [0.3, 0.4) is 0 Å². The Balaban J connectivity index is 2.07. The summed E-state index contributed by atoms with van der Waals surface area (Å²) in [5.41, 5.74) is 0.633. The van der Waals surface area contributed by atoms with E-state index in [4.69, 9.17) is 13.9 Å². The highest BCUT2D eigenvalue weighted by Crippen LogP contribution is 2.29. The number of ether oxygens (including phenoxy) is 2. The highest BCUT2D eigenvalue weighted by atomic mass is 16.5. The van der Waals surface area contributed by atoms with Crippen LogP contribution in [0, 0.1) is 0 Å². The lowest BCUT2D eigenvalue weighted by molar-refractivity contribution is 0.0980. The molecular weight excluding hydrogens is 268 g/mol. The normalized spacial score (nSPS) is 10.4. The summed E-state index contributed by atoms with van der Waals surface area (Å²) in [7, 11) is 0. The van der Waals surface area contributed by atoms with Crippen molar-refractivity contribution in [1.82, 2.24) is 0 Å². The van der Waals surface area contributed by atoms with Gasteiger partial charge in [0.25, 0.3) is 0 Å². The van der Waals surface area contributed by atoms with E-state index in [0.29, 0.717) is 43.1 Å². The zero-order valence-electron chi connectivity index (χ0n) is 12.4. The van der Waals surface area contributed by atoms with Crippen LogP contribution in [0.5, 0.6) is 11.5 Å². The predicted octanol–water partition coefficient (Wildman–Crippen LogP) is 3.89. The van der Waals surface area contributed by atoms with Crippen LogP contribution in [0.4, 0.5) is 0 Å². The van der Waals surface area contributed by atoms with Gasteiger partial charge in [-0.25, -0.2) is 0 Å². The molecule has 4 nitrogen and oxygen atoms in total. The van der Waals surface area contributed by atoms with Crippen LogP contribution in [0.15, 0.2) is 41.0 Å². The first-order valence-electron chi connectivity index (χ1n) is 7.19. The number of carbonyl (C=O) groups excluding carboxylic acids is 1. The Morgan fingerprint density at radius 2 is 1.86 bits per heavy atom. The Kier molecular flexibility index (Phi) is 5.43. The number of ketones is 1. The molecule has 0 amide bonds. The number of rotatable bonds is 8. The molecule has 0 radical (unpaired) electrons. The molecule has 1 heterocycles. The molecule has 0 fully saturated rings. The van der Waals surface area contributed by atoms with Gasteiger partial charge in [0.05, 0.1) is 19.5 Å². The maximum absolute atomic E-state index is 12.2. The van der Waals surface area contributed by atoms with Gasteiger partial charge in [-0.15, -0.1) is 0 Å². The molecule has 0 bridgehead atoms. The van der Waals surface area contributed by atoms with Crippen LogP contribution in [0.25, 0.3) is 0 Å². The van der Waals surface area contributed by atoms with Crippen molar-refractivity contribution in [2.24, 2.45) is 0 Å². The third kappa shape index (κ3) is 4.12. The minimum Gasteiger partial charge on any atom is -0.490 e. The van der Waals surface area contributed by atoms with Crippen molar-refractivity contribution in [3.63, 3.8) is 0 Å². The zero-order chi connectivity index (χ0) is 15.1. The molecule has 0 saturated carbocycles. The molecule has 1 aromatic carbocycles. The Labute approximate surface area is 124 Å². The molecule has 21 heavy (non-hydrogen) atoms. The molecule has 0 aliphatic rings. The van der Waals surface area contributed by atoms with Gasteiger partial charge in [-0.05, 0) is 44.2 Å². The summed E-state index contributed by atoms with van der Waals surface area (Å²) in [4.78, 5) is 12.2. The lowest BCUT2D eigenvalue weighted by atomic mass is 10.1. The van der Waals surface area contributed by atoms with Crippen LogP contribution in [-0.4, -0.2) is 19.0 Å². The Bertz CT molecular complexity index is 572. The average molecular weight is 288 g/mol. The summed E-state index contributed by atoms with van der Waals surface area (Å²) in [5.74, 6) is 2.17. The number of benzene rings is 1. The van der Waals surface area contributed by atoms with Gasteiger partial charge in [-0.2, -0.15) is 0 Å². The first-order valence-corrected chi connectivity index (χ1v) is 7.19. The Morgan fingerprint density at radius 3 is 2.52 bits per heavy atom. The van der Waals surface area contributed by atoms with Gasteiger partial charge in [0.2, 0.25) is 0 Å². The Hall–Kier alpha value is -2.23. The molecule has 0 aliphatic heterocycles. The van der Waals surface area contributed by atoms with Crippen molar-refractivity contribution < 1.29 is 18.7 Å². The molecule has 112 valence electrons. The molecule has 2 rings (SSSR count). The number of aryl methyl sites for hydroxylation is 1. The number of hydrogen-bond donors (Lipinski definition) is 0.